The van der Waals surface area contributed by atoms with Crippen LogP contribution in [0.25, 0.3) is 0 Å². The summed E-state index contributed by atoms with van der Waals surface area (Å²) >= 11 is 0. The third-order valence-electron chi connectivity index (χ3n) is 3.39. The predicted octanol–water partition coefficient (Wildman–Crippen LogP) is -0.510. The van der Waals surface area contributed by atoms with Crippen LogP contribution in [-0.2, 0) is 13.5 Å². The van der Waals surface area contributed by atoms with Crippen molar-refractivity contribution >= 4 is 6.03 Å². The van der Waals surface area contributed by atoms with Crippen LogP contribution in [0, 0.1) is 0 Å². The van der Waals surface area contributed by atoms with Gasteiger partial charge in [-0.15, -0.1) is 10.2 Å². The van der Waals surface area contributed by atoms with Crippen LogP contribution >= 0.6 is 0 Å². The van der Waals surface area contributed by atoms with Gasteiger partial charge in [-0.2, -0.15) is 0 Å². The molecular formula is C11H20N6O. The standard InChI is InChI=1S/C11H20N6O/c1-16-8-14-15-10(16)2-5-13-9-3-6-17(7-4-9)11(12)18/h8-9,13H,2-7H2,1H3,(H2,12,18). The number of urea groups is 1. The molecule has 1 aliphatic heterocycles. The fraction of sp³-hybridized carbons (Fsp3) is 0.727. The Morgan fingerprint density at radius 2 is 2.28 bits per heavy atom. The van der Waals surface area contributed by atoms with E-state index in [1.807, 2.05) is 11.6 Å². The minimum absolute atomic E-state index is 0.312. The van der Waals surface area contributed by atoms with Crippen LogP contribution in [-0.4, -0.2) is 51.4 Å². The molecule has 1 aromatic rings. The Morgan fingerprint density at radius 3 is 2.83 bits per heavy atom. The maximum atomic E-state index is 11.0. The van der Waals surface area contributed by atoms with Gasteiger partial charge in [-0.3, -0.25) is 0 Å². The van der Waals surface area contributed by atoms with E-state index in [1.54, 1.807) is 11.2 Å². The van der Waals surface area contributed by atoms with Gasteiger partial charge in [-0.1, -0.05) is 0 Å². The lowest BCUT2D eigenvalue weighted by atomic mass is 10.1. The summed E-state index contributed by atoms with van der Waals surface area (Å²) in [6.45, 7) is 2.38. The summed E-state index contributed by atoms with van der Waals surface area (Å²) in [4.78, 5) is 12.7. The topological polar surface area (TPSA) is 89.1 Å². The zero-order chi connectivity index (χ0) is 13.0. The van der Waals surface area contributed by atoms with Crippen molar-refractivity contribution in [1.82, 2.24) is 25.0 Å². The highest BCUT2D eigenvalue weighted by Crippen LogP contribution is 2.09. The second-order valence-corrected chi connectivity index (χ2v) is 4.66. The predicted molar refractivity (Wildman–Crippen MR) is 66.9 cm³/mol. The number of nitrogens with one attached hydrogen (secondary N) is 1. The molecule has 18 heavy (non-hydrogen) atoms. The Labute approximate surface area is 106 Å². The van der Waals surface area contributed by atoms with Crippen molar-refractivity contribution < 1.29 is 4.79 Å². The summed E-state index contributed by atoms with van der Waals surface area (Å²) in [5, 5.41) is 11.4. The Morgan fingerprint density at radius 1 is 1.56 bits per heavy atom. The summed E-state index contributed by atoms with van der Waals surface area (Å²) in [5.74, 6) is 0.983. The monoisotopic (exact) mass is 252 g/mol. The van der Waals surface area contributed by atoms with Crippen LogP contribution in [0.15, 0.2) is 6.33 Å². The number of primary amides is 1. The molecule has 0 aromatic carbocycles. The van der Waals surface area contributed by atoms with Crippen molar-refractivity contribution in [3.63, 3.8) is 0 Å². The van der Waals surface area contributed by atoms with Crippen LogP contribution in [0.5, 0.6) is 0 Å². The first-order valence-corrected chi connectivity index (χ1v) is 6.27. The molecule has 2 rings (SSSR count). The van der Waals surface area contributed by atoms with E-state index >= 15 is 0 Å². The minimum Gasteiger partial charge on any atom is -0.351 e. The number of piperidine rings is 1. The van der Waals surface area contributed by atoms with Crippen molar-refractivity contribution in [2.45, 2.75) is 25.3 Å². The fourth-order valence-electron chi connectivity index (χ4n) is 2.23. The van der Waals surface area contributed by atoms with Crippen molar-refractivity contribution in [2.75, 3.05) is 19.6 Å². The maximum absolute atomic E-state index is 11.0. The number of amides is 2. The van der Waals surface area contributed by atoms with Crippen molar-refractivity contribution in [1.29, 1.82) is 0 Å². The molecule has 0 aliphatic carbocycles. The lowest BCUT2D eigenvalue weighted by molar-refractivity contribution is 0.185. The molecule has 1 aliphatic rings. The van der Waals surface area contributed by atoms with Gasteiger partial charge in [-0.25, -0.2) is 4.79 Å². The van der Waals surface area contributed by atoms with Crippen molar-refractivity contribution in [3.05, 3.63) is 12.2 Å². The number of nitrogens with zero attached hydrogens (tertiary/aromatic N) is 4. The van der Waals surface area contributed by atoms with Crippen LogP contribution in [0.2, 0.25) is 0 Å². The Hall–Kier alpha value is -1.63. The number of likely N-dealkylation sites (tertiary alicyclic amines) is 1. The van der Waals surface area contributed by atoms with Gasteiger partial charge in [-0.05, 0) is 12.8 Å². The third kappa shape index (κ3) is 3.19. The van der Waals surface area contributed by atoms with Gasteiger partial charge in [0.25, 0.3) is 0 Å². The zero-order valence-electron chi connectivity index (χ0n) is 10.7. The molecule has 0 radical (unpaired) electrons. The molecule has 2 amide bonds. The fourth-order valence-corrected chi connectivity index (χ4v) is 2.23. The highest BCUT2D eigenvalue weighted by Gasteiger charge is 2.20. The highest BCUT2D eigenvalue weighted by molar-refractivity contribution is 5.72. The molecule has 3 N–H and O–H groups in total. The largest absolute Gasteiger partial charge is 0.351 e. The summed E-state index contributed by atoms with van der Waals surface area (Å²) in [5.41, 5.74) is 5.24. The van der Waals surface area contributed by atoms with Crippen LogP contribution < -0.4 is 11.1 Å². The molecular weight excluding hydrogens is 232 g/mol. The van der Waals surface area contributed by atoms with E-state index in [1.165, 1.54) is 0 Å². The number of hydrogen-bond donors (Lipinski definition) is 2. The number of carbonyl (C=O) groups is 1. The van der Waals surface area contributed by atoms with E-state index < -0.39 is 0 Å². The number of aryl methyl sites for hydroxylation is 1. The maximum Gasteiger partial charge on any atom is 0.314 e. The third-order valence-corrected chi connectivity index (χ3v) is 3.39. The quantitative estimate of drug-likeness (QED) is 0.755. The summed E-state index contributed by atoms with van der Waals surface area (Å²) < 4.78 is 1.93. The summed E-state index contributed by atoms with van der Waals surface area (Å²) in [6, 6.07) is 0.154. The highest BCUT2D eigenvalue weighted by atomic mass is 16.2. The Bertz CT molecular complexity index is 396. The lowest BCUT2D eigenvalue weighted by Crippen LogP contribution is -2.47. The second-order valence-electron chi connectivity index (χ2n) is 4.66. The number of aromatic nitrogens is 3. The van der Waals surface area contributed by atoms with E-state index in [9.17, 15) is 4.79 Å². The molecule has 2 heterocycles. The Balaban J connectivity index is 1.67. The number of carbonyl (C=O) groups excluding carboxylic acids is 1. The van der Waals surface area contributed by atoms with Crippen LogP contribution in [0.1, 0.15) is 18.7 Å². The molecule has 100 valence electrons. The normalized spacial score (nSPS) is 17.1. The smallest absolute Gasteiger partial charge is 0.314 e. The van der Waals surface area contributed by atoms with E-state index in [0.29, 0.717) is 6.04 Å². The minimum atomic E-state index is -0.312. The molecule has 0 bridgehead atoms. The molecule has 7 nitrogen and oxygen atoms in total. The van der Waals surface area contributed by atoms with E-state index in [0.717, 1.165) is 44.7 Å². The van der Waals surface area contributed by atoms with Crippen LogP contribution in [0.3, 0.4) is 0 Å². The zero-order valence-corrected chi connectivity index (χ0v) is 10.7. The molecule has 1 aromatic heterocycles. The van der Waals surface area contributed by atoms with Crippen LogP contribution in [0.4, 0.5) is 4.79 Å². The average Bonchev–Trinajstić information content (AvgIpc) is 2.76. The van der Waals surface area contributed by atoms with Crippen molar-refractivity contribution in [2.24, 2.45) is 12.8 Å². The van der Waals surface area contributed by atoms with Crippen molar-refractivity contribution in [3.8, 4) is 0 Å². The Kier molecular flexibility index (Phi) is 4.14. The number of rotatable bonds is 4. The molecule has 0 spiro atoms. The van der Waals surface area contributed by atoms with Gasteiger partial charge in [0.2, 0.25) is 0 Å². The molecule has 1 fully saturated rings. The first kappa shape index (κ1) is 12.8. The first-order valence-electron chi connectivity index (χ1n) is 6.27. The molecule has 1 saturated heterocycles. The average molecular weight is 252 g/mol. The summed E-state index contributed by atoms with van der Waals surface area (Å²) in [6.07, 6.45) is 4.50. The van der Waals surface area contributed by atoms with Gasteiger partial charge in [0.05, 0.1) is 0 Å². The van der Waals surface area contributed by atoms with Gasteiger partial charge in [0.1, 0.15) is 12.2 Å². The number of hydrogen-bond acceptors (Lipinski definition) is 4. The second kappa shape index (κ2) is 5.81. The first-order chi connectivity index (χ1) is 8.66. The molecule has 7 heteroatoms. The number of nitrogens with two attached hydrogens (primary N) is 1. The SMILES string of the molecule is Cn1cnnc1CCNC1CCN(C(N)=O)CC1. The van der Waals surface area contributed by atoms with E-state index in [4.69, 9.17) is 5.73 Å². The molecule has 0 unspecified atom stereocenters. The summed E-state index contributed by atoms with van der Waals surface area (Å²) in [7, 11) is 1.95. The van der Waals surface area contributed by atoms with Gasteiger partial charge in [0, 0.05) is 39.1 Å². The van der Waals surface area contributed by atoms with E-state index in [-0.39, 0.29) is 6.03 Å². The molecule has 0 atom stereocenters. The van der Waals surface area contributed by atoms with Gasteiger partial charge >= 0.3 is 6.03 Å². The van der Waals surface area contributed by atoms with Gasteiger partial charge < -0.3 is 20.5 Å². The lowest BCUT2D eigenvalue weighted by Gasteiger charge is -2.31. The van der Waals surface area contributed by atoms with E-state index in [2.05, 4.69) is 15.5 Å². The van der Waals surface area contributed by atoms with Gasteiger partial charge in [0.15, 0.2) is 0 Å². The molecule has 0 saturated carbocycles.